The summed E-state index contributed by atoms with van der Waals surface area (Å²) >= 11 is 0. The van der Waals surface area contributed by atoms with E-state index in [9.17, 15) is 9.59 Å². The molecule has 0 aliphatic carbocycles. The van der Waals surface area contributed by atoms with Gasteiger partial charge < -0.3 is 11.5 Å². The number of hydrogen-bond donors (Lipinski definition) is 2. The van der Waals surface area contributed by atoms with Crippen LogP contribution in [-0.4, -0.2) is 30.9 Å². The smallest absolute Gasteiger partial charge is 0.250 e. The van der Waals surface area contributed by atoms with E-state index in [1.165, 1.54) is 23.2 Å². The summed E-state index contributed by atoms with van der Waals surface area (Å²) in [5, 5.41) is 9.04. The van der Waals surface area contributed by atoms with Crippen LogP contribution in [0.5, 0.6) is 0 Å². The third-order valence-electron chi connectivity index (χ3n) is 1.88. The number of carbonyl (C=O) groups is 2. The van der Waals surface area contributed by atoms with Crippen LogP contribution in [0.3, 0.4) is 0 Å². The molecule has 0 unspecified atom stereocenters. The Morgan fingerprint density at radius 2 is 1.82 bits per heavy atom. The van der Waals surface area contributed by atoms with Crippen LogP contribution in [0.15, 0.2) is 28.5 Å². The Kier molecular flexibility index (Phi) is 3.76. The van der Waals surface area contributed by atoms with E-state index in [1.807, 2.05) is 0 Å². The summed E-state index contributed by atoms with van der Waals surface area (Å²) in [6.07, 6.45) is 0. The lowest BCUT2D eigenvalue weighted by molar-refractivity contribution is 0.0999. The van der Waals surface area contributed by atoms with Gasteiger partial charge in [-0.3, -0.25) is 14.6 Å². The number of carbonyl (C=O) groups excluding carboxylic acids is 2. The van der Waals surface area contributed by atoms with Gasteiger partial charge in [0.15, 0.2) is 0 Å². The highest BCUT2D eigenvalue weighted by Gasteiger charge is 2.11. The lowest BCUT2D eigenvalue weighted by atomic mass is 10.1. The first-order valence-corrected chi connectivity index (χ1v) is 4.74. The Morgan fingerprint density at radius 1 is 1.18 bits per heavy atom. The fourth-order valence-corrected chi connectivity index (χ4v) is 1.11. The molecule has 1 rings (SSSR count). The van der Waals surface area contributed by atoms with Crippen molar-refractivity contribution in [1.82, 2.24) is 5.01 Å². The van der Waals surface area contributed by atoms with Gasteiger partial charge in [0.2, 0.25) is 5.91 Å². The fraction of sp³-hybridized carbons (Fsp3) is 0.200. The fourth-order valence-electron chi connectivity index (χ4n) is 1.11. The van der Waals surface area contributed by atoms with E-state index in [4.69, 9.17) is 11.5 Å². The molecule has 0 aromatic heterocycles. The van der Waals surface area contributed by atoms with Gasteiger partial charge in [-0.05, 0) is 18.2 Å². The Morgan fingerprint density at radius 3 is 2.29 bits per heavy atom. The maximum absolute atomic E-state index is 11.2. The van der Waals surface area contributed by atoms with Crippen molar-refractivity contribution >= 4 is 17.5 Å². The molecule has 0 radical (unpaired) electrons. The number of nitrogens with zero attached hydrogens (tertiary/aromatic N) is 3. The van der Waals surface area contributed by atoms with Crippen LogP contribution < -0.4 is 11.5 Å². The van der Waals surface area contributed by atoms with E-state index < -0.39 is 11.8 Å². The molecule has 4 N–H and O–H groups in total. The number of amides is 2. The lowest BCUT2D eigenvalue weighted by Gasteiger charge is -2.05. The molecule has 0 bridgehead atoms. The monoisotopic (exact) mass is 235 g/mol. The minimum absolute atomic E-state index is 0.104. The molecule has 90 valence electrons. The normalized spacial score (nSPS) is 10.5. The van der Waals surface area contributed by atoms with Crippen molar-refractivity contribution in [1.29, 1.82) is 0 Å². The van der Waals surface area contributed by atoms with Crippen molar-refractivity contribution in [2.24, 2.45) is 21.8 Å². The Bertz CT molecular complexity index is 482. The summed E-state index contributed by atoms with van der Waals surface area (Å²) in [6.45, 7) is 0. The molecule has 1 aromatic carbocycles. The molecular weight excluding hydrogens is 222 g/mol. The van der Waals surface area contributed by atoms with Gasteiger partial charge in [-0.1, -0.05) is 5.22 Å². The zero-order valence-corrected chi connectivity index (χ0v) is 9.54. The zero-order valence-electron chi connectivity index (χ0n) is 9.54. The molecule has 7 nitrogen and oxygen atoms in total. The van der Waals surface area contributed by atoms with Crippen molar-refractivity contribution in [3.05, 3.63) is 29.3 Å². The van der Waals surface area contributed by atoms with Gasteiger partial charge in [-0.25, -0.2) is 0 Å². The largest absolute Gasteiger partial charge is 0.366 e. The predicted octanol–water partition coefficient (Wildman–Crippen LogP) is 0.445. The number of nitrogens with two attached hydrogens (primary N) is 2. The SMILES string of the molecule is CN(C)N=Nc1ccc(C(N)=O)cc1C(N)=O. The lowest BCUT2D eigenvalue weighted by Crippen LogP contribution is -2.15. The highest BCUT2D eigenvalue weighted by atomic mass is 16.1. The molecule has 7 heteroatoms. The van der Waals surface area contributed by atoms with E-state index in [1.54, 1.807) is 14.1 Å². The van der Waals surface area contributed by atoms with Gasteiger partial charge in [-0.2, -0.15) is 0 Å². The second-order valence-electron chi connectivity index (χ2n) is 3.50. The van der Waals surface area contributed by atoms with Crippen molar-refractivity contribution in [3.63, 3.8) is 0 Å². The number of hydrogen-bond acceptors (Lipinski definition) is 4. The standard InChI is InChI=1S/C10H13N5O2/c1-15(2)14-13-8-4-3-6(9(11)16)5-7(8)10(12)17/h3-5H,1-2H3,(H2,11,16)(H2,12,17). The molecule has 0 aliphatic heterocycles. The summed E-state index contributed by atoms with van der Waals surface area (Å²) in [6, 6.07) is 4.22. The molecule has 0 fully saturated rings. The van der Waals surface area contributed by atoms with Crippen LogP contribution in [-0.2, 0) is 0 Å². The van der Waals surface area contributed by atoms with E-state index in [0.29, 0.717) is 0 Å². The third kappa shape index (κ3) is 3.26. The van der Waals surface area contributed by atoms with Crippen molar-refractivity contribution in [3.8, 4) is 0 Å². The van der Waals surface area contributed by atoms with Crippen LogP contribution in [0.1, 0.15) is 20.7 Å². The number of primary amides is 2. The maximum atomic E-state index is 11.2. The molecule has 0 atom stereocenters. The van der Waals surface area contributed by atoms with Crippen LogP contribution in [0, 0.1) is 0 Å². The molecule has 0 aliphatic rings. The first kappa shape index (κ1) is 12.6. The average Bonchev–Trinajstić information content (AvgIpc) is 2.25. The second kappa shape index (κ2) is 5.06. The van der Waals surface area contributed by atoms with Gasteiger partial charge in [0.1, 0.15) is 5.69 Å². The first-order chi connectivity index (χ1) is 7.91. The molecule has 0 spiro atoms. The third-order valence-corrected chi connectivity index (χ3v) is 1.88. The summed E-state index contributed by atoms with van der Waals surface area (Å²) in [5.74, 6) is -1.33. The summed E-state index contributed by atoms with van der Waals surface area (Å²) in [5.41, 5.74) is 10.9. The predicted molar refractivity (Wildman–Crippen MR) is 61.7 cm³/mol. The van der Waals surface area contributed by atoms with Crippen LogP contribution in [0.25, 0.3) is 0 Å². The van der Waals surface area contributed by atoms with Crippen LogP contribution >= 0.6 is 0 Å². The first-order valence-electron chi connectivity index (χ1n) is 4.74. The van der Waals surface area contributed by atoms with E-state index in [-0.39, 0.29) is 16.8 Å². The zero-order chi connectivity index (χ0) is 13.0. The maximum Gasteiger partial charge on any atom is 0.250 e. The number of benzene rings is 1. The van der Waals surface area contributed by atoms with Gasteiger partial charge in [0, 0.05) is 19.7 Å². The van der Waals surface area contributed by atoms with Gasteiger partial charge in [0.25, 0.3) is 5.91 Å². The molecule has 0 saturated heterocycles. The number of rotatable bonds is 4. The van der Waals surface area contributed by atoms with E-state index in [2.05, 4.69) is 10.3 Å². The molecule has 0 heterocycles. The topological polar surface area (TPSA) is 114 Å². The molecular formula is C10H13N5O2. The molecule has 0 saturated carbocycles. The minimum Gasteiger partial charge on any atom is -0.366 e. The minimum atomic E-state index is -0.694. The van der Waals surface area contributed by atoms with Crippen LogP contribution in [0.4, 0.5) is 5.69 Å². The summed E-state index contributed by atoms with van der Waals surface area (Å²) in [7, 11) is 3.37. The van der Waals surface area contributed by atoms with E-state index in [0.717, 1.165) is 0 Å². The second-order valence-corrected chi connectivity index (χ2v) is 3.50. The van der Waals surface area contributed by atoms with Gasteiger partial charge >= 0.3 is 0 Å². The van der Waals surface area contributed by atoms with E-state index >= 15 is 0 Å². The quantitative estimate of drug-likeness (QED) is 0.583. The van der Waals surface area contributed by atoms with Crippen LogP contribution in [0.2, 0.25) is 0 Å². The Hall–Kier alpha value is -2.44. The Labute approximate surface area is 98.1 Å². The highest BCUT2D eigenvalue weighted by Crippen LogP contribution is 2.20. The van der Waals surface area contributed by atoms with Crippen molar-refractivity contribution in [2.45, 2.75) is 0 Å². The summed E-state index contributed by atoms with van der Waals surface area (Å²) < 4.78 is 0. The molecule has 2 amide bonds. The molecule has 17 heavy (non-hydrogen) atoms. The van der Waals surface area contributed by atoms with Gasteiger partial charge in [-0.15, -0.1) is 5.11 Å². The molecule has 1 aromatic rings. The average molecular weight is 235 g/mol. The van der Waals surface area contributed by atoms with Crippen molar-refractivity contribution in [2.75, 3.05) is 14.1 Å². The summed E-state index contributed by atoms with van der Waals surface area (Å²) in [4.78, 5) is 22.2. The van der Waals surface area contributed by atoms with Gasteiger partial charge in [0.05, 0.1) is 5.56 Å². The highest BCUT2D eigenvalue weighted by molar-refractivity contribution is 6.01. The Balaban J connectivity index is 3.22. The van der Waals surface area contributed by atoms with Crippen molar-refractivity contribution < 1.29 is 9.59 Å².